The standard InChI is InChI=1S/C19H28O5/c1-17(2,3)24-16(22)19(6,7)12-18(4,5)15(21)23-14-10-8-13(20)9-11-14/h8-11,20H,12H2,1-7H3. The van der Waals surface area contributed by atoms with E-state index in [2.05, 4.69) is 0 Å². The minimum atomic E-state index is -0.877. The molecule has 1 aromatic rings. The molecule has 0 aliphatic carbocycles. The van der Waals surface area contributed by atoms with Crippen molar-refractivity contribution >= 4 is 11.9 Å². The van der Waals surface area contributed by atoms with E-state index in [1.165, 1.54) is 24.3 Å². The van der Waals surface area contributed by atoms with Crippen LogP contribution in [0.4, 0.5) is 0 Å². The van der Waals surface area contributed by atoms with Crippen molar-refractivity contribution in [3.8, 4) is 11.5 Å². The molecule has 0 atom stereocenters. The van der Waals surface area contributed by atoms with E-state index < -0.39 is 22.4 Å². The molecule has 24 heavy (non-hydrogen) atoms. The molecule has 0 spiro atoms. The van der Waals surface area contributed by atoms with Gasteiger partial charge in [0.05, 0.1) is 10.8 Å². The first-order valence-electron chi connectivity index (χ1n) is 7.98. The summed E-state index contributed by atoms with van der Waals surface area (Å²) < 4.78 is 10.8. The number of hydrogen-bond acceptors (Lipinski definition) is 5. The molecule has 134 valence electrons. The number of hydrogen-bond donors (Lipinski definition) is 1. The van der Waals surface area contributed by atoms with Crippen molar-refractivity contribution in [3.63, 3.8) is 0 Å². The van der Waals surface area contributed by atoms with Crippen molar-refractivity contribution in [2.24, 2.45) is 10.8 Å². The highest BCUT2D eigenvalue weighted by Gasteiger charge is 2.42. The molecule has 0 fully saturated rings. The minimum Gasteiger partial charge on any atom is -0.508 e. The SMILES string of the molecule is CC(C)(C)OC(=O)C(C)(C)CC(C)(C)C(=O)Oc1ccc(O)cc1. The molecule has 5 nitrogen and oxygen atoms in total. The first-order chi connectivity index (χ1) is 10.7. The summed E-state index contributed by atoms with van der Waals surface area (Å²) in [5, 5.41) is 9.27. The van der Waals surface area contributed by atoms with Crippen LogP contribution in [0.1, 0.15) is 54.9 Å². The second kappa shape index (κ2) is 6.83. The highest BCUT2D eigenvalue weighted by atomic mass is 16.6. The molecule has 0 unspecified atom stereocenters. The van der Waals surface area contributed by atoms with Gasteiger partial charge in [0.2, 0.25) is 0 Å². The van der Waals surface area contributed by atoms with Gasteiger partial charge in [-0.05, 0) is 79.2 Å². The molecule has 0 amide bonds. The molecule has 1 rings (SSSR count). The van der Waals surface area contributed by atoms with Crippen LogP contribution in [0.3, 0.4) is 0 Å². The van der Waals surface area contributed by atoms with E-state index in [4.69, 9.17) is 9.47 Å². The van der Waals surface area contributed by atoms with Gasteiger partial charge in [0.15, 0.2) is 0 Å². The zero-order valence-corrected chi connectivity index (χ0v) is 15.6. The van der Waals surface area contributed by atoms with E-state index in [0.717, 1.165) is 0 Å². The fraction of sp³-hybridized carbons (Fsp3) is 0.579. The predicted molar refractivity (Wildman–Crippen MR) is 91.8 cm³/mol. The number of benzene rings is 1. The van der Waals surface area contributed by atoms with Crippen molar-refractivity contribution in [1.29, 1.82) is 0 Å². The topological polar surface area (TPSA) is 72.8 Å². The van der Waals surface area contributed by atoms with Gasteiger partial charge in [-0.2, -0.15) is 0 Å². The van der Waals surface area contributed by atoms with Gasteiger partial charge in [-0.1, -0.05) is 0 Å². The maximum Gasteiger partial charge on any atom is 0.316 e. The van der Waals surface area contributed by atoms with E-state index in [0.29, 0.717) is 5.75 Å². The summed E-state index contributed by atoms with van der Waals surface area (Å²) in [6.45, 7) is 12.4. The van der Waals surface area contributed by atoms with Gasteiger partial charge >= 0.3 is 11.9 Å². The Morgan fingerprint density at radius 1 is 0.875 bits per heavy atom. The molecule has 0 bridgehead atoms. The van der Waals surface area contributed by atoms with Crippen LogP contribution in [0.2, 0.25) is 0 Å². The number of phenols is 1. The van der Waals surface area contributed by atoms with Gasteiger partial charge in [-0.15, -0.1) is 0 Å². The molecule has 0 aliphatic rings. The molecule has 0 aromatic heterocycles. The zero-order valence-electron chi connectivity index (χ0n) is 15.6. The number of rotatable bonds is 5. The van der Waals surface area contributed by atoms with E-state index in [1.807, 2.05) is 20.8 Å². The smallest absolute Gasteiger partial charge is 0.316 e. The van der Waals surface area contributed by atoms with Crippen LogP contribution >= 0.6 is 0 Å². The molecule has 0 aliphatic heterocycles. The van der Waals surface area contributed by atoms with E-state index >= 15 is 0 Å². The Morgan fingerprint density at radius 2 is 1.33 bits per heavy atom. The Labute approximate surface area is 144 Å². The average Bonchev–Trinajstić information content (AvgIpc) is 2.38. The van der Waals surface area contributed by atoms with Gasteiger partial charge in [0, 0.05) is 0 Å². The Kier molecular flexibility index (Phi) is 5.70. The maximum atomic E-state index is 12.5. The highest BCUT2D eigenvalue weighted by Crippen LogP contribution is 2.37. The lowest BCUT2D eigenvalue weighted by atomic mass is 9.75. The first-order valence-corrected chi connectivity index (χ1v) is 7.98. The molecule has 1 aromatic carbocycles. The summed E-state index contributed by atoms with van der Waals surface area (Å²) in [5.74, 6) is -0.341. The third kappa shape index (κ3) is 5.87. The minimum absolute atomic E-state index is 0.0973. The fourth-order valence-corrected chi connectivity index (χ4v) is 2.42. The number of carbonyl (C=O) groups excluding carboxylic acids is 2. The zero-order chi connectivity index (χ0) is 18.8. The average molecular weight is 336 g/mol. The lowest BCUT2D eigenvalue weighted by Gasteiger charge is -2.33. The van der Waals surface area contributed by atoms with Crippen LogP contribution in [-0.4, -0.2) is 22.6 Å². The molecular weight excluding hydrogens is 308 g/mol. The number of phenolic OH excluding ortho intramolecular Hbond substituents is 1. The second-order valence-corrected chi connectivity index (χ2v) is 8.33. The summed E-state index contributed by atoms with van der Waals surface area (Å²) in [6.07, 6.45) is 0.284. The van der Waals surface area contributed by atoms with Crippen LogP contribution in [0.5, 0.6) is 11.5 Å². The molecule has 0 heterocycles. The predicted octanol–water partition coefficient (Wildman–Crippen LogP) is 4.08. The summed E-state index contributed by atoms with van der Waals surface area (Å²) in [7, 11) is 0. The van der Waals surface area contributed by atoms with Gasteiger partial charge in [-0.3, -0.25) is 9.59 Å². The number of carbonyl (C=O) groups is 2. The maximum absolute atomic E-state index is 12.5. The Bertz CT molecular complexity index is 591. The van der Waals surface area contributed by atoms with Crippen LogP contribution in [0, 0.1) is 10.8 Å². The van der Waals surface area contributed by atoms with E-state index in [1.54, 1.807) is 27.7 Å². The van der Waals surface area contributed by atoms with Crippen molar-refractivity contribution in [1.82, 2.24) is 0 Å². The van der Waals surface area contributed by atoms with Gasteiger partial charge in [-0.25, -0.2) is 0 Å². The number of ether oxygens (including phenoxy) is 2. The van der Waals surface area contributed by atoms with Crippen molar-refractivity contribution in [2.45, 2.75) is 60.5 Å². The summed E-state index contributed by atoms with van der Waals surface area (Å²) in [5.41, 5.74) is -2.28. The van der Waals surface area contributed by atoms with E-state index in [-0.39, 0.29) is 18.1 Å². The molecule has 0 saturated carbocycles. The first kappa shape index (κ1) is 20.0. The van der Waals surface area contributed by atoms with Crippen molar-refractivity contribution in [3.05, 3.63) is 24.3 Å². The van der Waals surface area contributed by atoms with Crippen LogP contribution < -0.4 is 4.74 Å². The fourth-order valence-electron chi connectivity index (χ4n) is 2.42. The largest absolute Gasteiger partial charge is 0.508 e. The normalized spacial score (nSPS) is 12.6. The Hall–Kier alpha value is -2.04. The third-order valence-corrected chi connectivity index (χ3v) is 3.44. The number of esters is 2. The van der Waals surface area contributed by atoms with Crippen molar-refractivity contribution in [2.75, 3.05) is 0 Å². The summed E-state index contributed by atoms with van der Waals surface area (Å²) in [6, 6.07) is 5.92. The molecule has 5 heteroatoms. The summed E-state index contributed by atoms with van der Waals surface area (Å²) in [4.78, 5) is 24.8. The number of aromatic hydroxyl groups is 1. The van der Waals surface area contributed by atoms with Crippen LogP contribution in [-0.2, 0) is 14.3 Å². The van der Waals surface area contributed by atoms with Crippen molar-refractivity contribution < 1.29 is 24.2 Å². The van der Waals surface area contributed by atoms with Gasteiger partial charge < -0.3 is 14.6 Å². The van der Waals surface area contributed by atoms with Gasteiger partial charge in [0.1, 0.15) is 17.1 Å². The lowest BCUT2D eigenvalue weighted by Crippen LogP contribution is -2.40. The second-order valence-electron chi connectivity index (χ2n) is 8.33. The van der Waals surface area contributed by atoms with E-state index in [9.17, 15) is 14.7 Å². The molecule has 1 N–H and O–H groups in total. The van der Waals surface area contributed by atoms with Crippen LogP contribution in [0.25, 0.3) is 0 Å². The summed E-state index contributed by atoms with van der Waals surface area (Å²) >= 11 is 0. The van der Waals surface area contributed by atoms with Gasteiger partial charge in [0.25, 0.3) is 0 Å². The highest BCUT2D eigenvalue weighted by molar-refractivity contribution is 5.81. The molecule has 0 radical (unpaired) electrons. The molecular formula is C19H28O5. The Balaban J connectivity index is 2.80. The monoisotopic (exact) mass is 336 g/mol. The third-order valence-electron chi connectivity index (χ3n) is 3.44. The van der Waals surface area contributed by atoms with Crippen LogP contribution in [0.15, 0.2) is 24.3 Å². The Morgan fingerprint density at radius 3 is 1.79 bits per heavy atom. The lowest BCUT2D eigenvalue weighted by molar-refractivity contribution is -0.168. The molecule has 0 saturated heterocycles. The quantitative estimate of drug-likeness (QED) is 0.648.